The number of hydrogen-bond donors (Lipinski definition) is 1. The van der Waals surface area contributed by atoms with Gasteiger partial charge in [-0.05, 0) is 38.1 Å². The Morgan fingerprint density at radius 2 is 1.93 bits per heavy atom. The molecule has 2 nitrogen and oxygen atoms in total. The zero-order chi connectivity index (χ0) is 9.86. The topological polar surface area (TPSA) is 21.3 Å². The van der Waals surface area contributed by atoms with Gasteiger partial charge in [-0.1, -0.05) is 19.3 Å². The van der Waals surface area contributed by atoms with Crippen molar-refractivity contribution in [2.75, 3.05) is 20.2 Å². The molecule has 90 valence electrons. The molecular formula is C12H24ClNO. The van der Waals surface area contributed by atoms with E-state index >= 15 is 0 Å². The van der Waals surface area contributed by atoms with E-state index in [0.29, 0.717) is 11.5 Å². The van der Waals surface area contributed by atoms with Gasteiger partial charge in [-0.25, -0.2) is 0 Å². The molecule has 1 saturated heterocycles. The van der Waals surface area contributed by atoms with Gasteiger partial charge in [0.15, 0.2) is 0 Å². The second kappa shape index (κ2) is 6.07. The Labute approximate surface area is 99.6 Å². The summed E-state index contributed by atoms with van der Waals surface area (Å²) in [7, 11) is 2.01. The van der Waals surface area contributed by atoms with Crippen molar-refractivity contribution in [1.82, 2.24) is 5.32 Å². The Hall–Kier alpha value is 0.210. The summed E-state index contributed by atoms with van der Waals surface area (Å²) in [6.07, 6.45) is 10.3. The normalized spacial score (nSPS) is 29.8. The third-order valence-corrected chi connectivity index (χ3v) is 3.97. The van der Waals surface area contributed by atoms with E-state index in [9.17, 15) is 0 Å². The molecule has 1 N–H and O–H groups in total. The first-order valence-corrected chi connectivity index (χ1v) is 6.11. The second-order valence-corrected chi connectivity index (χ2v) is 5.09. The van der Waals surface area contributed by atoms with Crippen LogP contribution in [0.15, 0.2) is 0 Å². The van der Waals surface area contributed by atoms with Crippen molar-refractivity contribution in [2.45, 2.75) is 51.0 Å². The number of nitrogens with one attached hydrogen (secondary N) is 1. The minimum atomic E-state index is 0. The molecule has 1 aliphatic carbocycles. The lowest BCUT2D eigenvalue weighted by Crippen LogP contribution is -2.40. The highest BCUT2D eigenvalue weighted by molar-refractivity contribution is 5.85. The lowest BCUT2D eigenvalue weighted by atomic mass is 9.70. The fraction of sp³-hybridized carbons (Fsp3) is 1.00. The molecule has 1 unspecified atom stereocenters. The van der Waals surface area contributed by atoms with E-state index in [2.05, 4.69) is 5.32 Å². The van der Waals surface area contributed by atoms with Crippen LogP contribution in [-0.4, -0.2) is 26.3 Å². The lowest BCUT2D eigenvalue weighted by molar-refractivity contribution is -0.0750. The van der Waals surface area contributed by atoms with Crippen LogP contribution in [0.4, 0.5) is 0 Å². The Morgan fingerprint density at radius 3 is 2.47 bits per heavy atom. The van der Waals surface area contributed by atoms with Crippen LogP contribution in [-0.2, 0) is 4.74 Å². The molecule has 0 bridgehead atoms. The molecule has 2 rings (SSSR count). The van der Waals surface area contributed by atoms with Crippen molar-refractivity contribution >= 4 is 12.4 Å². The highest BCUT2D eigenvalue weighted by Gasteiger charge is 2.36. The summed E-state index contributed by atoms with van der Waals surface area (Å²) in [5, 5.41) is 3.20. The van der Waals surface area contributed by atoms with Gasteiger partial charge in [0.25, 0.3) is 0 Å². The van der Waals surface area contributed by atoms with Crippen LogP contribution in [0, 0.1) is 5.41 Å². The maximum Gasteiger partial charge on any atom is 0.0699 e. The van der Waals surface area contributed by atoms with E-state index in [1.807, 2.05) is 7.05 Å². The monoisotopic (exact) mass is 233 g/mol. The van der Waals surface area contributed by atoms with Gasteiger partial charge in [0.05, 0.1) is 12.7 Å². The standard InChI is InChI=1S/C12H23NO.ClH/c1-13-9-11-5-8-12(10-14-11)6-3-2-4-7-12;/h11,13H,2-10H2,1H3;1H. The van der Waals surface area contributed by atoms with E-state index in [-0.39, 0.29) is 12.4 Å². The van der Waals surface area contributed by atoms with Crippen molar-refractivity contribution in [3.05, 3.63) is 0 Å². The Balaban J connectivity index is 0.00000112. The first-order valence-electron chi connectivity index (χ1n) is 6.11. The van der Waals surface area contributed by atoms with E-state index in [0.717, 1.165) is 13.2 Å². The Bertz CT molecular complexity index is 170. The van der Waals surface area contributed by atoms with E-state index in [1.165, 1.54) is 44.9 Å². The van der Waals surface area contributed by atoms with Gasteiger partial charge >= 0.3 is 0 Å². The van der Waals surface area contributed by atoms with Crippen molar-refractivity contribution in [2.24, 2.45) is 5.41 Å². The minimum absolute atomic E-state index is 0. The van der Waals surface area contributed by atoms with Gasteiger partial charge in [0.1, 0.15) is 0 Å². The fourth-order valence-corrected chi connectivity index (χ4v) is 3.00. The van der Waals surface area contributed by atoms with Crippen LogP contribution < -0.4 is 5.32 Å². The fourth-order valence-electron chi connectivity index (χ4n) is 3.00. The Morgan fingerprint density at radius 1 is 1.20 bits per heavy atom. The number of likely N-dealkylation sites (N-methyl/N-ethyl adjacent to an activating group) is 1. The summed E-state index contributed by atoms with van der Waals surface area (Å²) in [5.41, 5.74) is 0.586. The zero-order valence-corrected chi connectivity index (χ0v) is 10.6. The molecule has 1 atom stereocenters. The maximum atomic E-state index is 5.95. The number of ether oxygens (including phenoxy) is 1. The predicted molar refractivity (Wildman–Crippen MR) is 65.7 cm³/mol. The van der Waals surface area contributed by atoms with Crippen molar-refractivity contribution in [1.29, 1.82) is 0 Å². The number of hydrogen-bond acceptors (Lipinski definition) is 2. The van der Waals surface area contributed by atoms with Gasteiger partial charge in [-0.15, -0.1) is 12.4 Å². The summed E-state index contributed by atoms with van der Waals surface area (Å²) in [5.74, 6) is 0. The molecule has 1 saturated carbocycles. The lowest BCUT2D eigenvalue weighted by Gasteiger charge is -2.42. The van der Waals surface area contributed by atoms with Gasteiger partial charge in [-0.2, -0.15) is 0 Å². The Kier molecular flexibility index (Phi) is 5.37. The van der Waals surface area contributed by atoms with E-state index in [1.54, 1.807) is 0 Å². The maximum absolute atomic E-state index is 5.95. The average molecular weight is 234 g/mol. The third-order valence-electron chi connectivity index (χ3n) is 3.97. The first kappa shape index (κ1) is 13.3. The van der Waals surface area contributed by atoms with Crippen LogP contribution in [0.1, 0.15) is 44.9 Å². The third kappa shape index (κ3) is 3.33. The molecule has 0 aromatic carbocycles. The first-order chi connectivity index (χ1) is 6.85. The molecule has 2 fully saturated rings. The molecule has 0 radical (unpaired) electrons. The van der Waals surface area contributed by atoms with E-state index in [4.69, 9.17) is 4.74 Å². The van der Waals surface area contributed by atoms with E-state index < -0.39 is 0 Å². The summed E-state index contributed by atoms with van der Waals surface area (Å²) in [4.78, 5) is 0. The molecule has 1 heterocycles. The molecule has 1 aliphatic heterocycles. The quantitative estimate of drug-likeness (QED) is 0.792. The largest absolute Gasteiger partial charge is 0.376 e. The summed E-state index contributed by atoms with van der Waals surface area (Å²) < 4.78 is 5.95. The molecule has 0 amide bonds. The predicted octanol–water partition coefficient (Wildman–Crippen LogP) is 2.76. The van der Waals surface area contributed by atoms with Crippen LogP contribution in [0.25, 0.3) is 0 Å². The van der Waals surface area contributed by atoms with Gasteiger partial charge in [0, 0.05) is 6.54 Å². The van der Waals surface area contributed by atoms with Crippen molar-refractivity contribution in [3.63, 3.8) is 0 Å². The van der Waals surface area contributed by atoms with Crippen LogP contribution in [0.5, 0.6) is 0 Å². The number of halogens is 1. The summed E-state index contributed by atoms with van der Waals surface area (Å²) in [6.45, 7) is 2.05. The second-order valence-electron chi connectivity index (χ2n) is 5.09. The molecule has 0 aromatic rings. The minimum Gasteiger partial charge on any atom is -0.376 e. The highest BCUT2D eigenvalue weighted by atomic mass is 35.5. The summed E-state index contributed by atoms with van der Waals surface area (Å²) in [6, 6.07) is 0. The van der Waals surface area contributed by atoms with Gasteiger partial charge in [-0.3, -0.25) is 0 Å². The molecule has 3 heteroatoms. The summed E-state index contributed by atoms with van der Waals surface area (Å²) >= 11 is 0. The molecule has 1 spiro atoms. The average Bonchev–Trinajstić information content (AvgIpc) is 2.24. The molecule has 15 heavy (non-hydrogen) atoms. The van der Waals surface area contributed by atoms with Crippen LogP contribution in [0.2, 0.25) is 0 Å². The van der Waals surface area contributed by atoms with Crippen molar-refractivity contribution in [3.8, 4) is 0 Å². The van der Waals surface area contributed by atoms with Gasteiger partial charge in [0.2, 0.25) is 0 Å². The smallest absolute Gasteiger partial charge is 0.0699 e. The number of rotatable bonds is 2. The van der Waals surface area contributed by atoms with Crippen LogP contribution >= 0.6 is 12.4 Å². The highest BCUT2D eigenvalue weighted by Crippen LogP contribution is 2.43. The molecular weight excluding hydrogens is 210 g/mol. The van der Waals surface area contributed by atoms with Gasteiger partial charge < -0.3 is 10.1 Å². The van der Waals surface area contributed by atoms with Crippen molar-refractivity contribution < 1.29 is 4.74 Å². The molecule has 0 aromatic heterocycles. The van der Waals surface area contributed by atoms with Crippen LogP contribution in [0.3, 0.4) is 0 Å². The SMILES string of the molecule is CNCC1CCC2(CCCCC2)CO1.Cl. The zero-order valence-electron chi connectivity index (χ0n) is 9.76. The molecule has 2 aliphatic rings.